The van der Waals surface area contributed by atoms with Crippen LogP contribution in [-0.2, 0) is 16.0 Å². The van der Waals surface area contributed by atoms with Crippen molar-refractivity contribution in [1.82, 2.24) is 0 Å². The lowest BCUT2D eigenvalue weighted by atomic mass is 9.99. The summed E-state index contributed by atoms with van der Waals surface area (Å²) in [4.78, 5) is 10.6. The number of phenols is 1. The number of rotatable bonds is 7. The minimum atomic E-state index is -1.57. The summed E-state index contributed by atoms with van der Waals surface area (Å²) >= 11 is 0. The Labute approximate surface area is 143 Å². The zero-order valence-corrected chi connectivity index (χ0v) is 13.4. The van der Waals surface area contributed by atoms with Crippen LogP contribution in [0.3, 0.4) is 0 Å². The van der Waals surface area contributed by atoms with E-state index in [1.807, 2.05) is 0 Å². The SMILES string of the molecule is O=C(O)CCCc1cc(O)cc(O[C@@H]2O[C@H](CO)[C@@H](O)[C@H](O)[C@H]2O)c1. The van der Waals surface area contributed by atoms with Gasteiger partial charge in [-0.15, -0.1) is 0 Å². The molecule has 5 atom stereocenters. The monoisotopic (exact) mass is 358 g/mol. The van der Waals surface area contributed by atoms with Crippen LogP contribution in [0.5, 0.6) is 11.5 Å². The molecule has 2 rings (SSSR count). The van der Waals surface area contributed by atoms with Crippen LogP contribution in [0.25, 0.3) is 0 Å². The minimum Gasteiger partial charge on any atom is -0.508 e. The first-order valence-electron chi connectivity index (χ1n) is 7.83. The van der Waals surface area contributed by atoms with Gasteiger partial charge in [-0.05, 0) is 30.5 Å². The molecule has 1 aromatic carbocycles. The largest absolute Gasteiger partial charge is 0.508 e. The van der Waals surface area contributed by atoms with Crippen molar-refractivity contribution < 1.29 is 44.9 Å². The second-order valence-corrected chi connectivity index (χ2v) is 5.90. The number of carboxylic acids is 1. The Bertz CT molecular complexity index is 589. The second-order valence-electron chi connectivity index (χ2n) is 5.90. The van der Waals surface area contributed by atoms with E-state index in [1.165, 1.54) is 12.1 Å². The highest BCUT2D eigenvalue weighted by molar-refractivity contribution is 5.66. The van der Waals surface area contributed by atoms with E-state index in [4.69, 9.17) is 19.7 Å². The van der Waals surface area contributed by atoms with Crippen molar-refractivity contribution in [2.75, 3.05) is 6.61 Å². The van der Waals surface area contributed by atoms with Gasteiger partial charge in [-0.25, -0.2) is 0 Å². The lowest BCUT2D eigenvalue weighted by Crippen LogP contribution is -2.60. The Morgan fingerprint density at radius 3 is 2.48 bits per heavy atom. The van der Waals surface area contributed by atoms with Gasteiger partial charge in [0.15, 0.2) is 0 Å². The molecule has 0 bridgehead atoms. The summed E-state index contributed by atoms with van der Waals surface area (Å²) in [5, 5.41) is 57.0. The van der Waals surface area contributed by atoms with Gasteiger partial charge in [0.2, 0.25) is 6.29 Å². The third-order valence-corrected chi connectivity index (χ3v) is 3.91. The molecule has 0 saturated carbocycles. The van der Waals surface area contributed by atoms with E-state index in [0.29, 0.717) is 18.4 Å². The molecular formula is C16H22O9. The number of aromatic hydroxyl groups is 1. The summed E-state index contributed by atoms with van der Waals surface area (Å²) in [6, 6.07) is 4.27. The van der Waals surface area contributed by atoms with Gasteiger partial charge in [0.05, 0.1) is 6.61 Å². The summed E-state index contributed by atoms with van der Waals surface area (Å²) in [7, 11) is 0. The molecule has 0 aromatic heterocycles. The Morgan fingerprint density at radius 2 is 1.84 bits per heavy atom. The number of aryl methyl sites for hydroxylation is 1. The predicted molar refractivity (Wildman–Crippen MR) is 83.1 cm³/mol. The fourth-order valence-corrected chi connectivity index (χ4v) is 2.60. The predicted octanol–water partition coefficient (Wildman–Crippen LogP) is -1.02. The maximum atomic E-state index is 10.6. The average molecular weight is 358 g/mol. The fourth-order valence-electron chi connectivity index (χ4n) is 2.60. The summed E-state index contributed by atoms with van der Waals surface area (Å²) in [5.74, 6) is -0.903. The first-order valence-corrected chi connectivity index (χ1v) is 7.83. The van der Waals surface area contributed by atoms with Crippen LogP contribution >= 0.6 is 0 Å². The number of aliphatic carboxylic acids is 1. The van der Waals surface area contributed by atoms with E-state index >= 15 is 0 Å². The topological polar surface area (TPSA) is 157 Å². The minimum absolute atomic E-state index is 0.0153. The van der Waals surface area contributed by atoms with Crippen molar-refractivity contribution in [3.05, 3.63) is 23.8 Å². The number of hydrogen-bond acceptors (Lipinski definition) is 8. The van der Waals surface area contributed by atoms with Crippen LogP contribution in [0.1, 0.15) is 18.4 Å². The molecule has 140 valence electrons. The van der Waals surface area contributed by atoms with Crippen molar-refractivity contribution in [3.8, 4) is 11.5 Å². The Hall–Kier alpha value is -1.91. The molecule has 1 aromatic rings. The van der Waals surface area contributed by atoms with Crippen molar-refractivity contribution in [3.63, 3.8) is 0 Å². The maximum absolute atomic E-state index is 10.6. The van der Waals surface area contributed by atoms with E-state index in [0.717, 1.165) is 0 Å². The molecule has 0 radical (unpaired) electrons. The molecular weight excluding hydrogens is 336 g/mol. The van der Waals surface area contributed by atoms with Crippen molar-refractivity contribution in [1.29, 1.82) is 0 Å². The van der Waals surface area contributed by atoms with E-state index in [9.17, 15) is 25.2 Å². The highest BCUT2D eigenvalue weighted by Crippen LogP contribution is 2.28. The maximum Gasteiger partial charge on any atom is 0.303 e. The summed E-state index contributed by atoms with van der Waals surface area (Å²) in [5.41, 5.74) is 0.626. The first kappa shape index (κ1) is 19.4. The summed E-state index contributed by atoms with van der Waals surface area (Å²) in [6.45, 7) is -0.578. The lowest BCUT2D eigenvalue weighted by Gasteiger charge is -2.39. The van der Waals surface area contributed by atoms with Crippen LogP contribution in [0.2, 0.25) is 0 Å². The van der Waals surface area contributed by atoms with Crippen molar-refractivity contribution in [2.24, 2.45) is 0 Å². The average Bonchev–Trinajstić information content (AvgIpc) is 2.54. The molecule has 0 amide bonds. The molecule has 25 heavy (non-hydrogen) atoms. The van der Waals surface area contributed by atoms with Crippen LogP contribution in [0.15, 0.2) is 18.2 Å². The molecule has 6 N–H and O–H groups in total. The van der Waals surface area contributed by atoms with Crippen LogP contribution < -0.4 is 4.74 Å². The quantitative estimate of drug-likeness (QED) is 0.359. The van der Waals surface area contributed by atoms with Crippen molar-refractivity contribution in [2.45, 2.75) is 50.0 Å². The van der Waals surface area contributed by atoms with E-state index < -0.39 is 43.3 Å². The number of ether oxygens (including phenoxy) is 2. The summed E-state index contributed by atoms with van der Waals surface area (Å²) < 4.78 is 10.7. The Balaban J connectivity index is 2.08. The number of phenolic OH excluding ortho intramolecular Hbond substituents is 1. The number of benzene rings is 1. The molecule has 9 heteroatoms. The normalized spacial score (nSPS) is 29.4. The first-order chi connectivity index (χ1) is 11.8. The molecule has 0 spiro atoms. The summed E-state index contributed by atoms with van der Waals surface area (Å²) in [6.07, 6.45) is -6.32. The molecule has 1 aliphatic rings. The van der Waals surface area contributed by atoms with E-state index in [-0.39, 0.29) is 17.9 Å². The number of carboxylic acid groups (broad SMARTS) is 1. The number of aliphatic hydroxyl groups excluding tert-OH is 4. The molecule has 1 aliphatic heterocycles. The number of carbonyl (C=O) groups is 1. The zero-order chi connectivity index (χ0) is 18.6. The van der Waals surface area contributed by atoms with Crippen LogP contribution in [-0.4, -0.2) is 73.9 Å². The van der Waals surface area contributed by atoms with E-state index in [2.05, 4.69) is 0 Å². The lowest BCUT2D eigenvalue weighted by molar-refractivity contribution is -0.277. The Kier molecular flexibility index (Phi) is 6.57. The smallest absolute Gasteiger partial charge is 0.303 e. The van der Waals surface area contributed by atoms with Gasteiger partial charge in [0.25, 0.3) is 0 Å². The van der Waals surface area contributed by atoms with Gasteiger partial charge < -0.3 is 40.1 Å². The van der Waals surface area contributed by atoms with Gasteiger partial charge in [-0.3, -0.25) is 4.79 Å². The highest BCUT2D eigenvalue weighted by Gasteiger charge is 2.44. The third-order valence-electron chi connectivity index (χ3n) is 3.91. The van der Waals surface area contributed by atoms with Gasteiger partial charge in [-0.1, -0.05) is 0 Å². The van der Waals surface area contributed by atoms with Crippen LogP contribution in [0.4, 0.5) is 0 Å². The molecule has 1 heterocycles. The molecule has 0 unspecified atom stereocenters. The molecule has 0 aliphatic carbocycles. The second kappa shape index (κ2) is 8.45. The number of aliphatic hydroxyl groups is 4. The van der Waals surface area contributed by atoms with Gasteiger partial charge >= 0.3 is 5.97 Å². The Morgan fingerprint density at radius 1 is 1.12 bits per heavy atom. The zero-order valence-electron chi connectivity index (χ0n) is 13.4. The van der Waals surface area contributed by atoms with Gasteiger partial charge in [0.1, 0.15) is 35.9 Å². The number of hydrogen-bond donors (Lipinski definition) is 6. The molecule has 1 fully saturated rings. The standard InChI is InChI=1S/C16H22O9/c17-7-11-13(21)14(22)15(23)16(25-11)24-10-5-8(4-9(18)6-10)2-1-3-12(19)20/h4-6,11,13-18,21-23H,1-3,7H2,(H,19,20)/t11-,13-,14+,15-,16-/m1/s1. The van der Waals surface area contributed by atoms with Gasteiger partial charge in [0, 0.05) is 12.5 Å². The van der Waals surface area contributed by atoms with Crippen LogP contribution in [0, 0.1) is 0 Å². The fraction of sp³-hybridized carbons (Fsp3) is 0.562. The van der Waals surface area contributed by atoms with Gasteiger partial charge in [-0.2, -0.15) is 0 Å². The van der Waals surface area contributed by atoms with Crippen molar-refractivity contribution >= 4 is 5.97 Å². The van der Waals surface area contributed by atoms with E-state index in [1.54, 1.807) is 6.07 Å². The molecule has 1 saturated heterocycles. The molecule has 9 nitrogen and oxygen atoms in total. The highest BCUT2D eigenvalue weighted by atomic mass is 16.7. The third kappa shape index (κ3) is 5.03.